The normalized spacial score (nSPS) is 16.0. The standard InChI is InChI=1S/C19H21N3O2.ClH/c1-22(17-11-12-20-13-17)19(24)15-7-9-16(10-8-15)21-18(23)14-5-3-2-4-6-14;/h2-10,17,20H,11-13H2,1H3,(H,21,23);1H. The molecule has 5 nitrogen and oxygen atoms in total. The van der Waals surface area contributed by atoms with Crippen LogP contribution in [0.3, 0.4) is 0 Å². The van der Waals surface area contributed by atoms with E-state index in [9.17, 15) is 9.59 Å². The van der Waals surface area contributed by atoms with Gasteiger partial charge in [0.1, 0.15) is 0 Å². The molecule has 1 aliphatic heterocycles. The van der Waals surface area contributed by atoms with Gasteiger partial charge in [0.05, 0.1) is 0 Å². The van der Waals surface area contributed by atoms with E-state index in [4.69, 9.17) is 0 Å². The van der Waals surface area contributed by atoms with Crippen molar-refractivity contribution in [2.75, 3.05) is 25.5 Å². The van der Waals surface area contributed by atoms with Crippen molar-refractivity contribution < 1.29 is 9.59 Å². The summed E-state index contributed by atoms with van der Waals surface area (Å²) in [4.78, 5) is 26.4. The lowest BCUT2D eigenvalue weighted by Gasteiger charge is -2.23. The average Bonchev–Trinajstić information content (AvgIpc) is 3.16. The number of amides is 2. The van der Waals surface area contributed by atoms with Gasteiger partial charge >= 0.3 is 0 Å². The van der Waals surface area contributed by atoms with E-state index < -0.39 is 0 Å². The minimum Gasteiger partial charge on any atom is -0.337 e. The van der Waals surface area contributed by atoms with Crippen LogP contribution in [-0.4, -0.2) is 42.9 Å². The minimum absolute atomic E-state index is 0. The van der Waals surface area contributed by atoms with Crippen LogP contribution in [0.5, 0.6) is 0 Å². The van der Waals surface area contributed by atoms with Crippen molar-refractivity contribution in [3.8, 4) is 0 Å². The van der Waals surface area contributed by atoms with Crippen molar-refractivity contribution in [1.29, 1.82) is 0 Å². The van der Waals surface area contributed by atoms with Gasteiger partial charge in [-0.25, -0.2) is 0 Å². The third kappa shape index (κ3) is 4.59. The van der Waals surface area contributed by atoms with Crippen LogP contribution in [0.4, 0.5) is 5.69 Å². The Bertz CT molecular complexity index is 713. The van der Waals surface area contributed by atoms with Gasteiger partial charge in [-0.1, -0.05) is 18.2 Å². The molecule has 0 saturated carbocycles. The van der Waals surface area contributed by atoms with Gasteiger partial charge in [-0.3, -0.25) is 9.59 Å². The number of nitrogens with zero attached hydrogens (tertiary/aromatic N) is 1. The number of nitrogens with one attached hydrogen (secondary N) is 2. The van der Waals surface area contributed by atoms with Gasteiger partial charge < -0.3 is 15.5 Å². The summed E-state index contributed by atoms with van der Waals surface area (Å²) in [5.41, 5.74) is 1.90. The Labute approximate surface area is 153 Å². The van der Waals surface area contributed by atoms with Crippen LogP contribution >= 0.6 is 12.4 Å². The maximum Gasteiger partial charge on any atom is 0.255 e. The van der Waals surface area contributed by atoms with Crippen LogP contribution < -0.4 is 10.6 Å². The molecule has 2 aromatic rings. The van der Waals surface area contributed by atoms with E-state index in [2.05, 4.69) is 10.6 Å². The molecule has 1 atom stereocenters. The molecule has 0 aromatic heterocycles. The third-order valence-corrected chi connectivity index (χ3v) is 4.33. The number of carbonyl (C=O) groups is 2. The second kappa shape index (κ2) is 8.65. The zero-order valence-electron chi connectivity index (χ0n) is 14.1. The first kappa shape index (κ1) is 19.0. The van der Waals surface area contributed by atoms with E-state index in [-0.39, 0.29) is 30.3 Å². The summed E-state index contributed by atoms with van der Waals surface area (Å²) in [5.74, 6) is -0.159. The van der Waals surface area contributed by atoms with Crippen LogP contribution in [0.1, 0.15) is 27.1 Å². The van der Waals surface area contributed by atoms with Gasteiger partial charge in [-0.05, 0) is 49.4 Å². The van der Waals surface area contributed by atoms with Gasteiger partial charge in [0.15, 0.2) is 0 Å². The molecule has 0 spiro atoms. The first-order chi connectivity index (χ1) is 11.6. The van der Waals surface area contributed by atoms with Crippen molar-refractivity contribution in [1.82, 2.24) is 10.2 Å². The Morgan fingerprint density at radius 1 is 1.04 bits per heavy atom. The highest BCUT2D eigenvalue weighted by Crippen LogP contribution is 2.15. The lowest BCUT2D eigenvalue weighted by atomic mass is 10.1. The lowest BCUT2D eigenvalue weighted by Crippen LogP contribution is -2.38. The summed E-state index contributed by atoms with van der Waals surface area (Å²) in [6.45, 7) is 1.79. The number of carbonyl (C=O) groups excluding carboxylic acids is 2. The Morgan fingerprint density at radius 2 is 1.72 bits per heavy atom. The number of benzene rings is 2. The van der Waals surface area contributed by atoms with E-state index in [1.165, 1.54) is 0 Å². The maximum atomic E-state index is 12.5. The molecule has 0 radical (unpaired) electrons. The van der Waals surface area contributed by atoms with Crippen LogP contribution in [0.25, 0.3) is 0 Å². The molecule has 6 heteroatoms. The summed E-state index contributed by atoms with van der Waals surface area (Å²) < 4.78 is 0. The molecule has 2 amide bonds. The largest absolute Gasteiger partial charge is 0.337 e. The van der Waals surface area contributed by atoms with Crippen LogP contribution in [0.2, 0.25) is 0 Å². The van der Waals surface area contributed by atoms with E-state index in [0.29, 0.717) is 16.8 Å². The first-order valence-corrected chi connectivity index (χ1v) is 8.09. The summed E-state index contributed by atoms with van der Waals surface area (Å²) in [6, 6.07) is 16.3. The van der Waals surface area contributed by atoms with Crippen LogP contribution in [0, 0.1) is 0 Å². The summed E-state index contributed by atoms with van der Waals surface area (Å²) in [6.07, 6.45) is 0.980. The first-order valence-electron chi connectivity index (χ1n) is 8.09. The highest BCUT2D eigenvalue weighted by molar-refractivity contribution is 6.04. The number of hydrogen-bond donors (Lipinski definition) is 2. The lowest BCUT2D eigenvalue weighted by molar-refractivity contribution is 0.0743. The maximum absolute atomic E-state index is 12.5. The predicted molar refractivity (Wildman–Crippen MR) is 101 cm³/mol. The molecule has 1 fully saturated rings. The number of likely N-dealkylation sites (N-methyl/N-ethyl adjacent to an activating group) is 1. The molecular formula is C19H22ClN3O2. The highest BCUT2D eigenvalue weighted by atomic mass is 35.5. The molecule has 2 aromatic carbocycles. The number of anilines is 1. The van der Waals surface area contributed by atoms with Gasteiger partial charge in [0.25, 0.3) is 11.8 Å². The Morgan fingerprint density at radius 3 is 2.32 bits per heavy atom. The van der Waals surface area contributed by atoms with E-state index >= 15 is 0 Å². The Balaban J connectivity index is 0.00000225. The summed E-state index contributed by atoms with van der Waals surface area (Å²) >= 11 is 0. The zero-order chi connectivity index (χ0) is 16.9. The van der Waals surface area contributed by atoms with Gasteiger partial charge in [0, 0.05) is 36.4 Å². The molecule has 3 rings (SSSR count). The van der Waals surface area contributed by atoms with Crippen molar-refractivity contribution in [2.24, 2.45) is 0 Å². The monoisotopic (exact) mass is 359 g/mol. The van der Waals surface area contributed by atoms with Gasteiger partial charge in [-0.2, -0.15) is 0 Å². The van der Waals surface area contributed by atoms with Crippen molar-refractivity contribution in [2.45, 2.75) is 12.5 Å². The number of halogens is 1. The average molecular weight is 360 g/mol. The summed E-state index contributed by atoms with van der Waals surface area (Å²) in [5, 5.41) is 6.10. The summed E-state index contributed by atoms with van der Waals surface area (Å²) in [7, 11) is 1.84. The predicted octanol–water partition coefficient (Wildman–Crippen LogP) is 2.79. The molecule has 0 aliphatic carbocycles. The molecule has 1 unspecified atom stereocenters. The fourth-order valence-electron chi connectivity index (χ4n) is 2.83. The molecule has 0 bridgehead atoms. The van der Waals surface area contributed by atoms with E-state index in [0.717, 1.165) is 19.5 Å². The van der Waals surface area contributed by atoms with Crippen LogP contribution in [-0.2, 0) is 0 Å². The molecule has 2 N–H and O–H groups in total. The molecular weight excluding hydrogens is 338 g/mol. The van der Waals surface area contributed by atoms with Crippen molar-refractivity contribution in [3.05, 3.63) is 65.7 Å². The molecule has 1 saturated heterocycles. The molecule has 25 heavy (non-hydrogen) atoms. The fourth-order valence-corrected chi connectivity index (χ4v) is 2.83. The number of rotatable bonds is 4. The number of hydrogen-bond acceptors (Lipinski definition) is 3. The molecule has 1 heterocycles. The molecule has 1 aliphatic rings. The SMILES string of the molecule is CN(C(=O)c1ccc(NC(=O)c2ccccc2)cc1)C1CCNC1.Cl. The Hall–Kier alpha value is -2.37. The fraction of sp³-hybridized carbons (Fsp3) is 0.263. The van der Waals surface area contributed by atoms with Crippen molar-refractivity contribution >= 4 is 29.9 Å². The zero-order valence-corrected chi connectivity index (χ0v) is 14.9. The minimum atomic E-state index is -0.163. The van der Waals surface area contributed by atoms with E-state index in [1.807, 2.05) is 25.2 Å². The smallest absolute Gasteiger partial charge is 0.255 e. The Kier molecular flexibility index (Phi) is 6.56. The van der Waals surface area contributed by atoms with Gasteiger partial charge in [-0.15, -0.1) is 12.4 Å². The topological polar surface area (TPSA) is 61.4 Å². The third-order valence-electron chi connectivity index (χ3n) is 4.33. The molecule has 132 valence electrons. The second-order valence-electron chi connectivity index (χ2n) is 5.96. The highest BCUT2D eigenvalue weighted by Gasteiger charge is 2.23. The van der Waals surface area contributed by atoms with Gasteiger partial charge in [0.2, 0.25) is 0 Å². The van der Waals surface area contributed by atoms with Crippen molar-refractivity contribution in [3.63, 3.8) is 0 Å². The quantitative estimate of drug-likeness (QED) is 0.882. The second-order valence-corrected chi connectivity index (χ2v) is 5.96. The van der Waals surface area contributed by atoms with E-state index in [1.54, 1.807) is 41.3 Å². The van der Waals surface area contributed by atoms with Crippen LogP contribution in [0.15, 0.2) is 54.6 Å².